The molecule has 10 heteroatoms. The average molecular weight is 584 g/mol. The summed E-state index contributed by atoms with van der Waals surface area (Å²) in [6, 6.07) is 1.96. The van der Waals surface area contributed by atoms with E-state index < -0.39 is 0 Å². The number of phenolic OH excluding ortho intramolecular Hbond substituents is 1. The molecule has 2 aromatic carbocycles. The van der Waals surface area contributed by atoms with Gasteiger partial charge in [-0.25, -0.2) is 0 Å². The van der Waals surface area contributed by atoms with Crippen LogP contribution >= 0.6 is 0 Å². The molecule has 3 atom stereocenters. The van der Waals surface area contributed by atoms with Gasteiger partial charge >= 0.3 is 5.97 Å². The van der Waals surface area contributed by atoms with E-state index >= 15 is 0 Å². The third-order valence-electron chi connectivity index (χ3n) is 8.25. The van der Waals surface area contributed by atoms with Crippen molar-refractivity contribution in [3.05, 3.63) is 39.4 Å². The zero-order valence-corrected chi connectivity index (χ0v) is 26.3. The zero-order chi connectivity index (χ0) is 30.9. The van der Waals surface area contributed by atoms with Crippen molar-refractivity contribution in [2.45, 2.75) is 65.6 Å². The van der Waals surface area contributed by atoms with Gasteiger partial charge in [0.25, 0.3) is 0 Å². The molecule has 42 heavy (non-hydrogen) atoms. The zero-order valence-electron chi connectivity index (χ0n) is 26.3. The van der Waals surface area contributed by atoms with Crippen LogP contribution < -0.4 is 24.3 Å². The minimum absolute atomic E-state index is 0.00510. The molecule has 230 valence electrons. The topological polar surface area (TPSA) is 110 Å². The minimum Gasteiger partial charge on any atom is -0.504 e. The van der Waals surface area contributed by atoms with Gasteiger partial charge in [-0.1, -0.05) is 19.9 Å². The second kappa shape index (κ2) is 12.9. The summed E-state index contributed by atoms with van der Waals surface area (Å²) in [5.41, 5.74) is 5.69. The summed E-state index contributed by atoms with van der Waals surface area (Å²) in [5, 5.41) is 14.8. The van der Waals surface area contributed by atoms with E-state index in [0.717, 1.165) is 58.4 Å². The van der Waals surface area contributed by atoms with E-state index in [1.165, 1.54) is 6.92 Å². The lowest BCUT2D eigenvalue weighted by atomic mass is 9.80. The maximum atomic E-state index is 12.2. The number of ether oxygens (including phenoxy) is 4. The molecule has 5 rings (SSSR count). The number of phenols is 1. The fraction of sp³-hybridized carbons (Fsp3) is 0.562. The Labute approximate surface area is 248 Å². The molecule has 2 N–H and O–H groups in total. The van der Waals surface area contributed by atoms with Crippen molar-refractivity contribution in [3.8, 4) is 28.7 Å². The highest BCUT2D eigenvalue weighted by Gasteiger charge is 2.47. The summed E-state index contributed by atoms with van der Waals surface area (Å²) in [7, 11) is 7.63. The number of aromatic hydroxyl groups is 1. The number of benzene rings is 2. The van der Waals surface area contributed by atoms with Crippen LogP contribution in [0.1, 0.15) is 66.2 Å². The fourth-order valence-corrected chi connectivity index (χ4v) is 6.64. The smallest absolute Gasteiger partial charge is 0.308 e. The summed E-state index contributed by atoms with van der Waals surface area (Å²) in [5.74, 6) is 2.50. The Morgan fingerprint density at radius 2 is 1.88 bits per heavy atom. The first-order valence-corrected chi connectivity index (χ1v) is 14.5. The number of nitrogens with zero attached hydrogens (tertiary/aromatic N) is 2. The summed E-state index contributed by atoms with van der Waals surface area (Å²) in [4.78, 5) is 26.4. The van der Waals surface area contributed by atoms with Gasteiger partial charge < -0.3 is 39.1 Å². The lowest BCUT2D eigenvalue weighted by Gasteiger charge is -2.47. The summed E-state index contributed by atoms with van der Waals surface area (Å²) in [6.45, 7) is 10.6. The Hall–Kier alpha value is -3.34. The first-order valence-electron chi connectivity index (χ1n) is 14.5. The largest absolute Gasteiger partial charge is 0.504 e. The maximum absolute atomic E-state index is 12.2. The van der Waals surface area contributed by atoms with E-state index in [-0.39, 0.29) is 42.6 Å². The van der Waals surface area contributed by atoms with E-state index in [1.54, 1.807) is 7.11 Å². The van der Waals surface area contributed by atoms with Crippen molar-refractivity contribution < 1.29 is 33.6 Å². The van der Waals surface area contributed by atoms with Crippen molar-refractivity contribution in [2.24, 2.45) is 5.92 Å². The Morgan fingerprint density at radius 3 is 2.45 bits per heavy atom. The molecule has 0 saturated carbocycles. The second-order valence-electron chi connectivity index (χ2n) is 11.8. The van der Waals surface area contributed by atoms with Crippen LogP contribution in [0.25, 0.3) is 0 Å². The number of hydrogen-bond acceptors (Lipinski definition) is 10. The Bertz CT molecular complexity index is 1340. The summed E-state index contributed by atoms with van der Waals surface area (Å²) >= 11 is 0. The van der Waals surface area contributed by atoms with Gasteiger partial charge in [-0.05, 0) is 59.0 Å². The number of nitrogens with one attached hydrogen (secondary N) is 1. The van der Waals surface area contributed by atoms with Crippen LogP contribution in [0.5, 0.6) is 28.7 Å². The molecule has 0 fully saturated rings. The molecule has 3 aliphatic rings. The molecular formula is C32H45N3O7. The number of rotatable bonds is 6. The summed E-state index contributed by atoms with van der Waals surface area (Å²) in [6.07, 6.45) is 2.32. The van der Waals surface area contributed by atoms with Crippen LogP contribution in [0, 0.1) is 19.8 Å². The van der Waals surface area contributed by atoms with Gasteiger partial charge in [0.15, 0.2) is 23.0 Å². The van der Waals surface area contributed by atoms with Gasteiger partial charge in [0.1, 0.15) is 12.0 Å². The van der Waals surface area contributed by atoms with Crippen LogP contribution in [0.4, 0.5) is 0 Å². The van der Waals surface area contributed by atoms with Gasteiger partial charge in [0, 0.05) is 54.2 Å². The Morgan fingerprint density at radius 1 is 1.21 bits per heavy atom. The number of esters is 1. The number of aldehydes is 1. The molecule has 0 bridgehead atoms. The molecular weight excluding hydrogens is 538 g/mol. The van der Waals surface area contributed by atoms with Crippen molar-refractivity contribution in [1.82, 2.24) is 15.1 Å². The van der Waals surface area contributed by atoms with Crippen LogP contribution in [0.15, 0.2) is 6.07 Å². The average Bonchev–Trinajstić information content (AvgIpc) is 3.36. The van der Waals surface area contributed by atoms with Crippen LogP contribution in [0.2, 0.25) is 0 Å². The van der Waals surface area contributed by atoms with E-state index in [2.05, 4.69) is 21.2 Å². The second-order valence-corrected chi connectivity index (χ2v) is 11.8. The summed E-state index contributed by atoms with van der Waals surface area (Å²) < 4.78 is 23.4. The maximum Gasteiger partial charge on any atom is 0.308 e. The fourth-order valence-electron chi connectivity index (χ4n) is 6.64. The molecule has 1 unspecified atom stereocenters. The number of likely N-dealkylation sites (N-methyl/N-ethyl adjacent to an activating group) is 2. The van der Waals surface area contributed by atoms with Crippen molar-refractivity contribution >= 4 is 12.3 Å². The van der Waals surface area contributed by atoms with E-state index in [0.29, 0.717) is 30.2 Å². The van der Waals surface area contributed by atoms with Crippen molar-refractivity contribution in [3.63, 3.8) is 0 Å². The number of fused-ring (bicyclic) bond motifs is 5. The third kappa shape index (κ3) is 5.67. The van der Waals surface area contributed by atoms with E-state index in [4.69, 9.17) is 18.9 Å². The SMILES string of the molecule is CC(C)C=O.CNC[C@H]1c2c(c(OC(C)=O)c(C)c3c2OCO3)CC2[C@H](N(C)C)c3c(cc(C)c(OC)c3O)CCN21. The van der Waals surface area contributed by atoms with E-state index in [1.807, 2.05) is 48.8 Å². The normalized spacial score (nSPS) is 20.6. The predicted molar refractivity (Wildman–Crippen MR) is 160 cm³/mol. The third-order valence-corrected chi connectivity index (χ3v) is 8.25. The van der Waals surface area contributed by atoms with Crippen molar-refractivity contribution in [1.29, 1.82) is 0 Å². The molecule has 0 aliphatic carbocycles. The van der Waals surface area contributed by atoms with Crippen molar-refractivity contribution in [2.75, 3.05) is 48.1 Å². The van der Waals surface area contributed by atoms with Gasteiger partial charge in [0.2, 0.25) is 6.79 Å². The highest BCUT2D eigenvalue weighted by atomic mass is 16.7. The molecule has 0 spiro atoms. The predicted octanol–water partition coefficient (Wildman–Crippen LogP) is 3.86. The highest BCUT2D eigenvalue weighted by molar-refractivity contribution is 5.74. The lowest BCUT2D eigenvalue weighted by Crippen LogP contribution is -2.51. The Kier molecular flexibility index (Phi) is 9.70. The molecule has 10 nitrogen and oxygen atoms in total. The molecule has 0 aromatic heterocycles. The molecule has 2 aromatic rings. The van der Waals surface area contributed by atoms with Crippen LogP contribution in [0.3, 0.4) is 0 Å². The number of carbonyl (C=O) groups excluding carboxylic acids is 2. The van der Waals surface area contributed by atoms with Crippen LogP contribution in [-0.2, 0) is 22.4 Å². The van der Waals surface area contributed by atoms with Gasteiger partial charge in [-0.2, -0.15) is 0 Å². The van der Waals surface area contributed by atoms with Gasteiger partial charge in [-0.15, -0.1) is 0 Å². The number of methoxy groups -OCH3 is 1. The highest BCUT2D eigenvalue weighted by Crippen LogP contribution is 2.55. The van der Waals surface area contributed by atoms with E-state index in [9.17, 15) is 14.7 Å². The molecule has 0 saturated heterocycles. The monoisotopic (exact) mass is 583 g/mol. The molecule has 3 heterocycles. The standard InChI is InChI=1S/C28H37N3O6.C4H8O/c1-14-10-17-8-9-31-19(23(30(5)6)21(17)24(33)25(14)34-7)11-18-22(20(31)12-29-4)28-27(35-13-36-28)15(2)26(18)37-16(3)32;1-4(2)3-5/h10,19-20,23,29,33H,8-9,11-13H2,1-7H3;3-4H,1-2H3/t19?,20-,23-;/m0./s1. The van der Waals surface area contributed by atoms with Crippen LogP contribution in [-0.4, -0.2) is 81.3 Å². The molecule has 3 aliphatic heterocycles. The first-order chi connectivity index (χ1) is 20.0. The molecule has 0 radical (unpaired) electrons. The first kappa shape index (κ1) is 31.6. The Balaban J connectivity index is 0.000000748. The molecule has 0 amide bonds. The van der Waals surface area contributed by atoms with Gasteiger partial charge in [0.05, 0.1) is 19.2 Å². The number of aryl methyl sites for hydroxylation is 1. The van der Waals surface area contributed by atoms with Gasteiger partial charge in [-0.3, -0.25) is 9.69 Å². The lowest BCUT2D eigenvalue weighted by molar-refractivity contribution is -0.132. The quantitative estimate of drug-likeness (QED) is 0.296. The minimum atomic E-state index is -0.370. The number of hydrogen-bond donors (Lipinski definition) is 2. The number of carbonyl (C=O) groups is 2.